The van der Waals surface area contributed by atoms with E-state index in [0.29, 0.717) is 5.56 Å². The highest BCUT2D eigenvalue weighted by Crippen LogP contribution is 2.59. The summed E-state index contributed by atoms with van der Waals surface area (Å²) in [5.74, 6) is 0.677. The van der Waals surface area contributed by atoms with Gasteiger partial charge in [0.05, 0.1) is 0 Å². The summed E-state index contributed by atoms with van der Waals surface area (Å²) in [4.78, 5) is 11.6. The van der Waals surface area contributed by atoms with Crippen molar-refractivity contribution in [2.75, 3.05) is 6.61 Å². The van der Waals surface area contributed by atoms with E-state index in [1.165, 1.54) is 12.8 Å². The van der Waals surface area contributed by atoms with Gasteiger partial charge in [0.2, 0.25) is 0 Å². The standard InChI is InChI=1S/C15H18O3/c1-14(2)9-15(5-6-15)11-7-10(12(17)8-16)3-4-13(11)18-14/h3-4,7,16H,5-6,8-9H2,1-2H3. The number of ketones is 1. The zero-order valence-electron chi connectivity index (χ0n) is 10.8. The van der Waals surface area contributed by atoms with Gasteiger partial charge in [0, 0.05) is 16.5 Å². The Balaban J connectivity index is 2.06. The molecule has 2 aliphatic rings. The van der Waals surface area contributed by atoms with Crippen LogP contribution in [0, 0.1) is 0 Å². The SMILES string of the molecule is CC1(C)CC2(CC2)c2cc(C(=O)CO)ccc2O1. The van der Waals surface area contributed by atoms with Gasteiger partial charge in [0.1, 0.15) is 18.0 Å². The summed E-state index contributed by atoms with van der Waals surface area (Å²) < 4.78 is 5.99. The van der Waals surface area contributed by atoms with Gasteiger partial charge in [-0.3, -0.25) is 4.79 Å². The molecule has 0 amide bonds. The molecule has 96 valence electrons. The van der Waals surface area contributed by atoms with Gasteiger partial charge in [-0.2, -0.15) is 0 Å². The van der Waals surface area contributed by atoms with E-state index >= 15 is 0 Å². The molecule has 3 nitrogen and oxygen atoms in total. The van der Waals surface area contributed by atoms with Crippen molar-refractivity contribution in [1.82, 2.24) is 0 Å². The number of fused-ring (bicyclic) bond motifs is 2. The van der Waals surface area contributed by atoms with Crippen LogP contribution in [0.4, 0.5) is 0 Å². The lowest BCUT2D eigenvalue weighted by Crippen LogP contribution is -2.38. The highest BCUT2D eigenvalue weighted by atomic mass is 16.5. The number of hydrogen-bond acceptors (Lipinski definition) is 3. The van der Waals surface area contributed by atoms with E-state index in [2.05, 4.69) is 13.8 Å². The third-order valence-corrected chi connectivity index (χ3v) is 4.02. The number of hydrogen-bond donors (Lipinski definition) is 1. The lowest BCUT2D eigenvalue weighted by molar-refractivity contribution is 0.0669. The first kappa shape index (κ1) is 11.7. The first-order valence-corrected chi connectivity index (χ1v) is 6.43. The highest BCUT2D eigenvalue weighted by molar-refractivity contribution is 5.97. The summed E-state index contributed by atoms with van der Waals surface area (Å²) in [6.07, 6.45) is 3.34. The Kier molecular flexibility index (Phi) is 2.33. The molecule has 1 aliphatic heterocycles. The average molecular weight is 246 g/mol. The smallest absolute Gasteiger partial charge is 0.188 e. The van der Waals surface area contributed by atoms with Gasteiger partial charge in [-0.15, -0.1) is 0 Å². The molecule has 0 aromatic heterocycles. The van der Waals surface area contributed by atoms with Crippen molar-refractivity contribution in [3.05, 3.63) is 29.3 Å². The number of benzene rings is 1. The second-order valence-corrected chi connectivity index (χ2v) is 6.11. The molecule has 0 atom stereocenters. The lowest BCUT2D eigenvalue weighted by Gasteiger charge is -2.38. The van der Waals surface area contributed by atoms with Gasteiger partial charge in [-0.05, 0) is 51.3 Å². The summed E-state index contributed by atoms with van der Waals surface area (Å²) in [5, 5.41) is 8.94. The van der Waals surface area contributed by atoms with Gasteiger partial charge < -0.3 is 9.84 Å². The van der Waals surface area contributed by atoms with Crippen molar-refractivity contribution in [3.8, 4) is 5.75 Å². The second-order valence-electron chi connectivity index (χ2n) is 6.11. The minimum Gasteiger partial charge on any atom is -0.488 e. The zero-order chi connectivity index (χ0) is 13.0. The summed E-state index contributed by atoms with van der Waals surface area (Å²) in [5.41, 5.74) is 1.82. The Morgan fingerprint density at radius 1 is 1.39 bits per heavy atom. The van der Waals surface area contributed by atoms with E-state index in [9.17, 15) is 4.79 Å². The van der Waals surface area contributed by atoms with E-state index in [-0.39, 0.29) is 16.8 Å². The van der Waals surface area contributed by atoms with E-state index in [4.69, 9.17) is 9.84 Å². The highest BCUT2D eigenvalue weighted by Gasteiger charge is 2.53. The van der Waals surface area contributed by atoms with E-state index in [0.717, 1.165) is 17.7 Å². The molecule has 18 heavy (non-hydrogen) atoms. The molecule has 0 saturated heterocycles. The van der Waals surface area contributed by atoms with Gasteiger partial charge in [0.25, 0.3) is 0 Å². The first-order valence-electron chi connectivity index (χ1n) is 6.43. The van der Waals surface area contributed by atoms with Crippen molar-refractivity contribution in [2.45, 2.75) is 44.1 Å². The normalized spacial score (nSPS) is 22.2. The molecule has 1 heterocycles. The second kappa shape index (κ2) is 3.58. The number of ether oxygens (including phenoxy) is 1. The molecule has 0 unspecified atom stereocenters. The van der Waals surface area contributed by atoms with Crippen LogP contribution in [-0.4, -0.2) is 23.1 Å². The molecule has 3 heteroatoms. The van der Waals surface area contributed by atoms with Crippen LogP contribution in [0.2, 0.25) is 0 Å². The monoisotopic (exact) mass is 246 g/mol. The largest absolute Gasteiger partial charge is 0.488 e. The van der Waals surface area contributed by atoms with E-state index < -0.39 is 6.61 Å². The van der Waals surface area contributed by atoms with Crippen LogP contribution in [0.15, 0.2) is 18.2 Å². The topological polar surface area (TPSA) is 46.5 Å². The van der Waals surface area contributed by atoms with Crippen LogP contribution in [0.1, 0.15) is 49.0 Å². The third kappa shape index (κ3) is 1.74. The minimum absolute atomic E-state index is 0.133. The van der Waals surface area contributed by atoms with Crippen molar-refractivity contribution < 1.29 is 14.6 Å². The number of aliphatic hydroxyl groups excluding tert-OH is 1. The van der Waals surface area contributed by atoms with E-state index in [1.807, 2.05) is 12.1 Å². The fourth-order valence-electron chi connectivity index (χ4n) is 3.14. The molecule has 1 saturated carbocycles. The summed E-state index contributed by atoms with van der Waals surface area (Å²) in [7, 11) is 0. The molecule has 1 aliphatic carbocycles. The number of rotatable bonds is 2. The van der Waals surface area contributed by atoms with Crippen LogP contribution in [0.3, 0.4) is 0 Å². The molecule has 0 radical (unpaired) electrons. The maximum absolute atomic E-state index is 11.6. The van der Waals surface area contributed by atoms with Crippen LogP contribution < -0.4 is 4.74 Å². The van der Waals surface area contributed by atoms with Crippen molar-refractivity contribution >= 4 is 5.78 Å². The summed E-state index contributed by atoms with van der Waals surface area (Å²) in [6.45, 7) is 3.80. The molecule has 3 rings (SSSR count). The molecule has 1 aromatic carbocycles. The molecule has 1 aromatic rings. The summed E-state index contributed by atoms with van der Waals surface area (Å²) in [6, 6.07) is 5.53. The Morgan fingerprint density at radius 2 is 2.11 bits per heavy atom. The maximum Gasteiger partial charge on any atom is 0.188 e. The van der Waals surface area contributed by atoms with Crippen LogP contribution in [0.25, 0.3) is 0 Å². The minimum atomic E-state index is -0.432. The molecule has 0 bridgehead atoms. The third-order valence-electron chi connectivity index (χ3n) is 4.02. The molecule has 1 spiro atoms. The number of aliphatic hydroxyl groups is 1. The van der Waals surface area contributed by atoms with Crippen LogP contribution >= 0.6 is 0 Å². The van der Waals surface area contributed by atoms with Gasteiger partial charge in [-0.25, -0.2) is 0 Å². The summed E-state index contributed by atoms with van der Waals surface area (Å²) >= 11 is 0. The van der Waals surface area contributed by atoms with Crippen molar-refractivity contribution in [1.29, 1.82) is 0 Å². The van der Waals surface area contributed by atoms with Crippen molar-refractivity contribution in [2.24, 2.45) is 0 Å². The predicted molar refractivity (Wildman–Crippen MR) is 68.1 cm³/mol. The first-order chi connectivity index (χ1) is 8.46. The predicted octanol–water partition coefficient (Wildman–Crippen LogP) is 2.45. The van der Waals surface area contributed by atoms with Crippen molar-refractivity contribution in [3.63, 3.8) is 0 Å². The fourth-order valence-corrected chi connectivity index (χ4v) is 3.14. The molecular formula is C15H18O3. The Bertz CT molecular complexity index is 512. The van der Waals surface area contributed by atoms with Gasteiger partial charge in [-0.1, -0.05) is 0 Å². The lowest BCUT2D eigenvalue weighted by atomic mass is 9.81. The Labute approximate surface area is 107 Å². The number of carbonyl (C=O) groups is 1. The number of Topliss-reactive ketones (excluding diaryl/α,β-unsaturated/α-hetero) is 1. The Morgan fingerprint density at radius 3 is 2.72 bits per heavy atom. The average Bonchev–Trinajstić information content (AvgIpc) is 3.06. The van der Waals surface area contributed by atoms with Gasteiger partial charge >= 0.3 is 0 Å². The van der Waals surface area contributed by atoms with Gasteiger partial charge in [0.15, 0.2) is 5.78 Å². The maximum atomic E-state index is 11.6. The Hall–Kier alpha value is -1.35. The van der Waals surface area contributed by atoms with E-state index in [1.54, 1.807) is 6.07 Å². The molecular weight excluding hydrogens is 228 g/mol. The fraction of sp³-hybridized carbons (Fsp3) is 0.533. The van der Waals surface area contributed by atoms with Crippen LogP contribution in [0.5, 0.6) is 5.75 Å². The molecule has 1 fully saturated rings. The zero-order valence-corrected chi connectivity index (χ0v) is 10.8. The van der Waals surface area contributed by atoms with Crippen LogP contribution in [-0.2, 0) is 5.41 Å². The number of carbonyl (C=O) groups excluding carboxylic acids is 1. The quantitative estimate of drug-likeness (QED) is 0.815. The molecule has 1 N–H and O–H groups in total.